The van der Waals surface area contributed by atoms with Crippen LogP contribution in [-0.2, 0) is 21.7 Å². The van der Waals surface area contributed by atoms with Crippen LogP contribution in [0.25, 0.3) is 0 Å². The molecule has 1 nitrogen and oxygen atoms in total. The molecule has 0 unspecified atom stereocenters. The van der Waals surface area contributed by atoms with Crippen molar-refractivity contribution < 1.29 is 21.7 Å². The maximum Gasteiger partial charge on any atom is 0.0425 e. The molecule has 0 aliphatic heterocycles. The van der Waals surface area contributed by atoms with Gasteiger partial charge in [-0.3, -0.25) is 4.74 Å². The van der Waals surface area contributed by atoms with Crippen molar-refractivity contribution in [3.63, 3.8) is 0 Å². The minimum Gasteiger partial charge on any atom is -0.272 e. The average molecular weight is 580 g/mol. The number of allylic oxidation sites excluding steroid dienone is 7. The van der Waals surface area contributed by atoms with E-state index in [2.05, 4.69) is 134 Å². The Labute approximate surface area is 255 Å². The van der Waals surface area contributed by atoms with Crippen molar-refractivity contribution in [2.75, 3.05) is 18.5 Å². The molecule has 0 aromatic heterocycles. The summed E-state index contributed by atoms with van der Waals surface area (Å²) in [5, 5.41) is 0. The van der Waals surface area contributed by atoms with Crippen LogP contribution in [-0.4, -0.2) is 18.5 Å². The Kier molecular flexibility index (Phi) is 18.6. The largest absolute Gasteiger partial charge is 0.272 e. The van der Waals surface area contributed by atoms with Gasteiger partial charge in [-0.05, 0) is 92.8 Å². The fourth-order valence-corrected chi connectivity index (χ4v) is 9.09. The third-order valence-corrected chi connectivity index (χ3v) is 10.6. The Bertz CT molecular complexity index is 772. The molecule has 0 amide bonds. The summed E-state index contributed by atoms with van der Waals surface area (Å²) in [6, 6.07) is 0. The van der Waals surface area contributed by atoms with Gasteiger partial charge in [0.2, 0.25) is 0 Å². The van der Waals surface area contributed by atoms with Crippen LogP contribution in [0.4, 0.5) is 0 Å². The van der Waals surface area contributed by atoms with Crippen molar-refractivity contribution >= 4 is 7.05 Å². The fourth-order valence-electron chi connectivity index (χ4n) is 4.16. The van der Waals surface area contributed by atoms with E-state index in [0.29, 0.717) is 28.1 Å². The Morgan fingerprint density at radius 2 is 1.08 bits per heavy atom. The zero-order valence-electron chi connectivity index (χ0n) is 28.4. The SMILES string of the molecule is CC(=CC(C)C)C(C)=CC(C)C.CC(C)(C)CCP(CCC(C)(C)C)(CCC(C)(C)C)=NC1=CC=CC1.[Ti]. The first-order valence-corrected chi connectivity index (χ1v) is 17.3. The summed E-state index contributed by atoms with van der Waals surface area (Å²) in [6.45, 7) is 34.7. The van der Waals surface area contributed by atoms with Crippen LogP contribution >= 0.6 is 7.05 Å². The first-order valence-electron chi connectivity index (χ1n) is 15.0. The molecule has 0 saturated carbocycles. The van der Waals surface area contributed by atoms with Crippen molar-refractivity contribution in [2.45, 2.75) is 130 Å². The molecule has 0 bridgehead atoms. The van der Waals surface area contributed by atoms with Crippen LogP contribution < -0.4 is 0 Å². The quantitative estimate of drug-likeness (QED) is 0.139. The number of rotatable bonds is 10. The fraction of sp³-hybridized carbons (Fsp3) is 0.771. The van der Waals surface area contributed by atoms with Crippen molar-refractivity contribution in [2.24, 2.45) is 32.8 Å². The van der Waals surface area contributed by atoms with Gasteiger partial charge in [-0.25, -0.2) is 0 Å². The molecular weight excluding hydrogens is 513 g/mol. The van der Waals surface area contributed by atoms with E-state index in [4.69, 9.17) is 4.74 Å². The monoisotopic (exact) mass is 579 g/mol. The van der Waals surface area contributed by atoms with Crippen molar-refractivity contribution in [1.82, 2.24) is 0 Å². The maximum atomic E-state index is 5.53. The predicted octanol–water partition coefficient (Wildman–Crippen LogP) is 12.5. The summed E-state index contributed by atoms with van der Waals surface area (Å²) in [4.78, 5) is 0. The molecule has 0 saturated heterocycles. The third kappa shape index (κ3) is 21.7. The summed E-state index contributed by atoms with van der Waals surface area (Å²) in [5.41, 5.74) is 5.36. The first-order chi connectivity index (χ1) is 16.6. The maximum absolute atomic E-state index is 5.53. The minimum absolute atomic E-state index is 0. The van der Waals surface area contributed by atoms with Gasteiger partial charge in [-0.15, -0.1) is 0 Å². The zero-order chi connectivity index (χ0) is 29.1. The number of hydrogen-bond donors (Lipinski definition) is 0. The smallest absolute Gasteiger partial charge is 0.0425 e. The van der Waals surface area contributed by atoms with Gasteiger partial charge in [0, 0.05) is 33.8 Å². The van der Waals surface area contributed by atoms with Gasteiger partial charge in [0.05, 0.1) is 0 Å². The van der Waals surface area contributed by atoms with Gasteiger partial charge < -0.3 is 0 Å². The molecule has 220 valence electrons. The van der Waals surface area contributed by atoms with Crippen LogP contribution in [0.3, 0.4) is 0 Å². The van der Waals surface area contributed by atoms with E-state index in [1.807, 2.05) is 0 Å². The van der Waals surface area contributed by atoms with Gasteiger partial charge >= 0.3 is 0 Å². The molecule has 0 atom stereocenters. The Balaban J connectivity index is 0. The standard InChI is InChI=1S/C23H44NP.C12H22.Ti/c1-21(2,3)14-17-25(18-15-22(4,5)6,19-16-23(7,8)9)24-20-12-10-11-13-20;1-9(2)7-11(5)12(6)8-10(3)4;/h10-12H,13-19H2,1-9H3;7-10H,1-6H3;. The van der Waals surface area contributed by atoms with Crippen molar-refractivity contribution in [3.05, 3.63) is 47.2 Å². The summed E-state index contributed by atoms with van der Waals surface area (Å²) in [6.07, 6.45) is 20.2. The number of hydrogen-bond acceptors (Lipinski definition) is 1. The number of nitrogens with zero attached hydrogens (tertiary/aromatic N) is 1. The second kappa shape index (κ2) is 17.7. The van der Waals surface area contributed by atoms with E-state index >= 15 is 0 Å². The van der Waals surface area contributed by atoms with Gasteiger partial charge in [0.25, 0.3) is 0 Å². The summed E-state index contributed by atoms with van der Waals surface area (Å²) in [5.74, 6) is 1.31. The van der Waals surface area contributed by atoms with Crippen LogP contribution in [0, 0.1) is 28.1 Å². The summed E-state index contributed by atoms with van der Waals surface area (Å²) in [7, 11) is -1.32. The molecule has 0 heterocycles. The molecule has 0 N–H and O–H groups in total. The molecule has 1 aliphatic carbocycles. The van der Waals surface area contributed by atoms with Crippen LogP contribution in [0.2, 0.25) is 0 Å². The van der Waals surface area contributed by atoms with Crippen molar-refractivity contribution in [3.8, 4) is 0 Å². The second-order valence-electron chi connectivity index (χ2n) is 15.8. The van der Waals surface area contributed by atoms with E-state index in [1.165, 1.54) is 54.6 Å². The molecule has 0 fully saturated rings. The van der Waals surface area contributed by atoms with E-state index in [1.54, 1.807) is 0 Å². The molecule has 3 heteroatoms. The predicted molar refractivity (Wildman–Crippen MR) is 175 cm³/mol. The zero-order valence-corrected chi connectivity index (χ0v) is 30.8. The second-order valence-corrected chi connectivity index (χ2v) is 19.5. The molecule has 0 spiro atoms. The molecule has 0 radical (unpaired) electrons. The third-order valence-electron chi connectivity index (χ3n) is 6.72. The van der Waals surface area contributed by atoms with E-state index < -0.39 is 7.05 Å². The van der Waals surface area contributed by atoms with E-state index in [0.717, 1.165) is 6.42 Å². The van der Waals surface area contributed by atoms with Gasteiger partial charge in [-0.1, -0.05) is 125 Å². The van der Waals surface area contributed by atoms with E-state index in [-0.39, 0.29) is 21.7 Å². The molecule has 0 aromatic carbocycles. The van der Waals surface area contributed by atoms with Gasteiger partial charge in [0.1, 0.15) is 0 Å². The Hall–Kier alpha value is -0.0957. The Morgan fingerprint density at radius 1 is 0.737 bits per heavy atom. The normalized spacial score (nSPS) is 15.3. The molecule has 38 heavy (non-hydrogen) atoms. The Morgan fingerprint density at radius 3 is 1.32 bits per heavy atom. The molecule has 1 rings (SSSR count). The molecule has 0 aromatic rings. The molecular formula is C35H66NPTi. The van der Waals surface area contributed by atoms with E-state index in [9.17, 15) is 0 Å². The average Bonchev–Trinajstić information content (AvgIpc) is 3.19. The topological polar surface area (TPSA) is 12.4 Å². The first kappa shape index (κ1) is 40.0. The molecule has 1 aliphatic rings. The van der Waals surface area contributed by atoms with Crippen LogP contribution in [0.1, 0.15) is 130 Å². The van der Waals surface area contributed by atoms with Gasteiger partial charge in [-0.2, -0.15) is 0 Å². The summed E-state index contributed by atoms with van der Waals surface area (Å²) < 4.78 is 5.53. The van der Waals surface area contributed by atoms with Gasteiger partial charge in [0.15, 0.2) is 0 Å². The van der Waals surface area contributed by atoms with Crippen LogP contribution in [0.5, 0.6) is 0 Å². The van der Waals surface area contributed by atoms with Crippen molar-refractivity contribution in [1.29, 1.82) is 0 Å². The summed E-state index contributed by atoms with van der Waals surface area (Å²) >= 11 is 0. The van der Waals surface area contributed by atoms with Crippen LogP contribution in [0.15, 0.2) is 52.0 Å². The minimum atomic E-state index is -1.32.